The molecule has 0 amide bonds. The van der Waals surface area contributed by atoms with Gasteiger partial charge in [0.25, 0.3) is 0 Å². The van der Waals surface area contributed by atoms with Crippen LogP contribution in [0.25, 0.3) is 0 Å². The van der Waals surface area contributed by atoms with Crippen molar-refractivity contribution in [1.82, 2.24) is 15.5 Å². The summed E-state index contributed by atoms with van der Waals surface area (Å²) in [5.41, 5.74) is 0. The highest BCUT2D eigenvalue weighted by molar-refractivity contribution is 14.0. The summed E-state index contributed by atoms with van der Waals surface area (Å²) in [6.45, 7) is 12.6. The van der Waals surface area contributed by atoms with Gasteiger partial charge in [-0.25, -0.2) is 0 Å². The van der Waals surface area contributed by atoms with Crippen LogP contribution in [0.2, 0.25) is 0 Å². The molecule has 0 bridgehead atoms. The molecule has 0 aliphatic carbocycles. The van der Waals surface area contributed by atoms with Crippen LogP contribution >= 0.6 is 24.0 Å². The number of hydrogen-bond donors (Lipinski definition) is 2. The van der Waals surface area contributed by atoms with Crippen molar-refractivity contribution in [1.29, 1.82) is 0 Å². The second kappa shape index (κ2) is 13.4. The van der Waals surface area contributed by atoms with Crippen LogP contribution in [0.1, 0.15) is 52.9 Å². The number of hydrogen-bond acceptors (Lipinski definition) is 2. The van der Waals surface area contributed by atoms with Gasteiger partial charge in [-0.1, -0.05) is 40.0 Å². The van der Waals surface area contributed by atoms with Crippen LogP contribution in [0, 0.1) is 11.8 Å². The predicted octanol–water partition coefficient (Wildman–Crippen LogP) is 3.33. The Morgan fingerprint density at radius 1 is 1.27 bits per heavy atom. The summed E-state index contributed by atoms with van der Waals surface area (Å²) in [5, 5.41) is 7.01. The minimum Gasteiger partial charge on any atom is -0.356 e. The van der Waals surface area contributed by atoms with Gasteiger partial charge >= 0.3 is 0 Å². The minimum absolute atomic E-state index is 0. The van der Waals surface area contributed by atoms with Gasteiger partial charge in [-0.3, -0.25) is 4.99 Å². The number of nitrogens with one attached hydrogen (secondary N) is 2. The molecule has 1 saturated heterocycles. The molecule has 1 aliphatic rings. The number of rotatable bonds is 9. The van der Waals surface area contributed by atoms with E-state index in [9.17, 15) is 0 Å². The molecular weight excluding hydrogens is 387 g/mol. The first-order valence-electron chi connectivity index (χ1n) is 8.90. The predicted molar refractivity (Wildman–Crippen MR) is 108 cm³/mol. The Morgan fingerprint density at radius 2 is 2.05 bits per heavy atom. The van der Waals surface area contributed by atoms with Crippen LogP contribution in [0.5, 0.6) is 0 Å². The van der Waals surface area contributed by atoms with E-state index < -0.39 is 0 Å². The van der Waals surface area contributed by atoms with E-state index in [-0.39, 0.29) is 24.0 Å². The summed E-state index contributed by atoms with van der Waals surface area (Å²) in [6, 6.07) is 0. The molecule has 2 atom stereocenters. The highest BCUT2D eigenvalue weighted by Gasteiger charge is 2.21. The smallest absolute Gasteiger partial charge is 0.190 e. The third kappa shape index (κ3) is 8.56. The minimum atomic E-state index is 0. The SMILES string of the molecule is CCCCC(CC)CNC(=NC)NCC1CCN(CC)C1.I. The molecule has 1 rings (SSSR count). The van der Waals surface area contributed by atoms with Gasteiger partial charge in [0.2, 0.25) is 0 Å². The van der Waals surface area contributed by atoms with Crippen LogP contribution in [0.4, 0.5) is 0 Å². The fraction of sp³-hybridized carbons (Fsp3) is 0.941. The molecule has 1 heterocycles. The van der Waals surface area contributed by atoms with E-state index in [2.05, 4.69) is 41.3 Å². The summed E-state index contributed by atoms with van der Waals surface area (Å²) in [4.78, 5) is 6.88. The first-order valence-corrected chi connectivity index (χ1v) is 8.90. The van der Waals surface area contributed by atoms with Gasteiger partial charge in [-0.15, -0.1) is 24.0 Å². The van der Waals surface area contributed by atoms with Crippen molar-refractivity contribution in [2.24, 2.45) is 16.8 Å². The largest absolute Gasteiger partial charge is 0.356 e. The molecule has 1 fully saturated rings. The van der Waals surface area contributed by atoms with Crippen molar-refractivity contribution in [2.75, 3.05) is 39.8 Å². The Bertz CT molecular complexity index is 288. The number of unbranched alkanes of at least 4 members (excludes halogenated alkanes) is 1. The molecule has 2 unspecified atom stereocenters. The number of aliphatic imine (C=N–C) groups is 1. The van der Waals surface area contributed by atoms with E-state index in [1.54, 1.807) is 0 Å². The Morgan fingerprint density at radius 3 is 2.59 bits per heavy atom. The maximum absolute atomic E-state index is 4.36. The normalized spacial score (nSPS) is 20.5. The highest BCUT2D eigenvalue weighted by Crippen LogP contribution is 2.14. The summed E-state index contributed by atoms with van der Waals surface area (Å²) in [5.74, 6) is 2.51. The Balaban J connectivity index is 0.00000441. The second-order valence-corrected chi connectivity index (χ2v) is 6.30. The van der Waals surface area contributed by atoms with Gasteiger partial charge in [0.05, 0.1) is 0 Å². The van der Waals surface area contributed by atoms with Crippen LogP contribution in [-0.2, 0) is 0 Å². The van der Waals surface area contributed by atoms with Crippen LogP contribution in [0.3, 0.4) is 0 Å². The fourth-order valence-corrected chi connectivity index (χ4v) is 3.01. The topological polar surface area (TPSA) is 39.7 Å². The lowest BCUT2D eigenvalue weighted by Crippen LogP contribution is -2.42. The molecule has 0 saturated carbocycles. The number of likely N-dealkylation sites (tertiary alicyclic amines) is 1. The maximum Gasteiger partial charge on any atom is 0.190 e. The van der Waals surface area contributed by atoms with Gasteiger partial charge in [-0.2, -0.15) is 0 Å². The average Bonchev–Trinajstić information content (AvgIpc) is 2.98. The monoisotopic (exact) mass is 424 g/mol. The van der Waals surface area contributed by atoms with Gasteiger partial charge < -0.3 is 15.5 Å². The maximum atomic E-state index is 4.36. The Hall–Kier alpha value is -0.0400. The lowest BCUT2D eigenvalue weighted by Gasteiger charge is -2.19. The molecular formula is C17H37IN4. The summed E-state index contributed by atoms with van der Waals surface area (Å²) < 4.78 is 0. The van der Waals surface area contributed by atoms with E-state index in [4.69, 9.17) is 0 Å². The van der Waals surface area contributed by atoms with Crippen LogP contribution in [0.15, 0.2) is 4.99 Å². The molecule has 4 nitrogen and oxygen atoms in total. The molecule has 0 spiro atoms. The number of guanidine groups is 1. The molecule has 0 radical (unpaired) electrons. The van der Waals surface area contributed by atoms with Crippen molar-refractivity contribution < 1.29 is 0 Å². The van der Waals surface area contributed by atoms with Crippen molar-refractivity contribution >= 4 is 29.9 Å². The van der Waals surface area contributed by atoms with E-state index in [0.29, 0.717) is 0 Å². The third-order valence-corrected chi connectivity index (χ3v) is 4.70. The third-order valence-electron chi connectivity index (χ3n) is 4.70. The summed E-state index contributed by atoms with van der Waals surface area (Å²) in [7, 11) is 1.87. The quantitative estimate of drug-likeness (QED) is 0.339. The number of halogens is 1. The van der Waals surface area contributed by atoms with Crippen molar-refractivity contribution in [2.45, 2.75) is 52.9 Å². The van der Waals surface area contributed by atoms with E-state index >= 15 is 0 Å². The zero-order chi connectivity index (χ0) is 15.5. The molecule has 22 heavy (non-hydrogen) atoms. The lowest BCUT2D eigenvalue weighted by atomic mass is 9.99. The van der Waals surface area contributed by atoms with Gasteiger partial charge in [0, 0.05) is 26.7 Å². The fourth-order valence-electron chi connectivity index (χ4n) is 3.01. The van der Waals surface area contributed by atoms with Gasteiger partial charge in [0.15, 0.2) is 5.96 Å². The molecule has 1 aliphatic heterocycles. The summed E-state index contributed by atoms with van der Waals surface area (Å²) >= 11 is 0. The van der Waals surface area contributed by atoms with Gasteiger partial charge in [0.1, 0.15) is 0 Å². The molecule has 5 heteroatoms. The zero-order valence-electron chi connectivity index (χ0n) is 15.0. The van der Waals surface area contributed by atoms with Crippen LogP contribution in [-0.4, -0.2) is 50.6 Å². The molecule has 2 N–H and O–H groups in total. The highest BCUT2D eigenvalue weighted by atomic mass is 127. The first kappa shape index (κ1) is 22.0. The van der Waals surface area contributed by atoms with Crippen molar-refractivity contribution in [3.8, 4) is 0 Å². The lowest BCUT2D eigenvalue weighted by molar-refractivity contribution is 0.341. The first-order chi connectivity index (χ1) is 10.2. The van der Waals surface area contributed by atoms with E-state index in [1.807, 2.05) is 7.05 Å². The van der Waals surface area contributed by atoms with E-state index in [1.165, 1.54) is 51.7 Å². The Labute approximate surface area is 154 Å². The van der Waals surface area contributed by atoms with E-state index in [0.717, 1.165) is 30.9 Å². The molecule has 132 valence electrons. The van der Waals surface area contributed by atoms with Crippen molar-refractivity contribution in [3.63, 3.8) is 0 Å². The molecule has 0 aromatic heterocycles. The second-order valence-electron chi connectivity index (χ2n) is 6.30. The van der Waals surface area contributed by atoms with Crippen molar-refractivity contribution in [3.05, 3.63) is 0 Å². The Kier molecular flexibility index (Phi) is 13.4. The molecule has 0 aromatic carbocycles. The average molecular weight is 424 g/mol. The molecule has 0 aromatic rings. The van der Waals surface area contributed by atoms with Gasteiger partial charge in [-0.05, 0) is 37.8 Å². The zero-order valence-corrected chi connectivity index (χ0v) is 17.4. The number of nitrogens with zero attached hydrogens (tertiary/aromatic N) is 2. The van der Waals surface area contributed by atoms with Crippen LogP contribution < -0.4 is 10.6 Å². The summed E-state index contributed by atoms with van der Waals surface area (Å²) in [6.07, 6.45) is 6.51. The standard InChI is InChI=1S/C17H36N4.HI/c1-5-8-9-15(6-2)12-19-17(18-4)20-13-16-10-11-21(7-3)14-16;/h15-16H,5-14H2,1-4H3,(H2,18,19,20);1H.